The van der Waals surface area contributed by atoms with Gasteiger partial charge in [-0.2, -0.15) is 13.2 Å². The van der Waals surface area contributed by atoms with Crippen molar-refractivity contribution in [2.45, 2.75) is 12.6 Å². The molecule has 0 heterocycles. The maximum atomic E-state index is 12.8. The molecule has 4 nitrogen and oxygen atoms in total. The Kier molecular flexibility index (Phi) is 6.88. The lowest BCUT2D eigenvalue weighted by atomic mass is 10.1. The van der Waals surface area contributed by atoms with Crippen molar-refractivity contribution in [3.63, 3.8) is 0 Å². The van der Waals surface area contributed by atoms with Crippen molar-refractivity contribution in [3.8, 4) is 5.75 Å². The molecule has 0 unspecified atom stereocenters. The van der Waals surface area contributed by atoms with Crippen molar-refractivity contribution in [1.29, 1.82) is 0 Å². The van der Waals surface area contributed by atoms with Gasteiger partial charge in [-0.25, -0.2) is 0 Å². The number of rotatable bonds is 7. The number of anilines is 1. The number of methoxy groups -OCH3 is 1. The summed E-state index contributed by atoms with van der Waals surface area (Å²) in [5.41, 5.74) is 0.138. The Hall–Kier alpha value is -2.25. The van der Waals surface area contributed by atoms with E-state index in [-0.39, 0.29) is 12.2 Å². The summed E-state index contributed by atoms with van der Waals surface area (Å²) in [6.45, 7) is 0.536. The molecule has 8 heteroatoms. The average Bonchev–Trinajstić information content (AvgIpc) is 2.60. The van der Waals surface area contributed by atoms with Crippen molar-refractivity contribution in [3.05, 3.63) is 58.6 Å². The topological polar surface area (TPSA) is 50.4 Å². The highest BCUT2D eigenvalue weighted by Crippen LogP contribution is 2.36. The minimum absolute atomic E-state index is 0.0138. The predicted octanol–water partition coefficient (Wildman–Crippen LogP) is 4.14. The molecule has 0 saturated heterocycles. The normalized spacial score (nSPS) is 11.3. The number of hydrogen-bond acceptors (Lipinski definition) is 3. The number of halogens is 4. The number of carbonyl (C=O) groups is 1. The molecule has 0 atom stereocenters. The Bertz CT molecular complexity index is 749. The first-order chi connectivity index (χ1) is 12.3. The van der Waals surface area contributed by atoms with Crippen molar-refractivity contribution in [2.24, 2.45) is 0 Å². The second-order valence-electron chi connectivity index (χ2n) is 5.52. The Labute approximate surface area is 154 Å². The molecule has 0 radical (unpaired) electrons. The van der Waals surface area contributed by atoms with Crippen LogP contribution >= 0.6 is 11.6 Å². The van der Waals surface area contributed by atoms with Crippen LogP contribution < -0.4 is 15.4 Å². The first-order valence-corrected chi connectivity index (χ1v) is 8.17. The van der Waals surface area contributed by atoms with Gasteiger partial charge in [0.2, 0.25) is 5.91 Å². The molecule has 0 aliphatic heterocycles. The van der Waals surface area contributed by atoms with Gasteiger partial charge in [-0.1, -0.05) is 23.7 Å². The van der Waals surface area contributed by atoms with Gasteiger partial charge in [0.1, 0.15) is 5.75 Å². The molecule has 0 saturated carbocycles. The lowest BCUT2D eigenvalue weighted by molar-refractivity contribution is -0.137. The lowest BCUT2D eigenvalue weighted by Crippen LogP contribution is -2.29. The number of benzene rings is 2. The van der Waals surface area contributed by atoms with Gasteiger partial charge in [-0.15, -0.1) is 0 Å². The molecule has 0 spiro atoms. The Balaban J connectivity index is 1.80. The van der Waals surface area contributed by atoms with Gasteiger partial charge < -0.3 is 15.4 Å². The van der Waals surface area contributed by atoms with Gasteiger partial charge in [0.15, 0.2) is 0 Å². The number of hydrogen-bond donors (Lipinski definition) is 2. The molecule has 2 rings (SSSR count). The van der Waals surface area contributed by atoms with Gasteiger partial charge in [-0.05, 0) is 48.9 Å². The van der Waals surface area contributed by atoms with Crippen molar-refractivity contribution in [2.75, 3.05) is 25.5 Å². The summed E-state index contributed by atoms with van der Waals surface area (Å²) < 4.78 is 43.5. The first kappa shape index (κ1) is 20.1. The number of carbonyl (C=O) groups excluding carboxylic acids is 1. The molecule has 0 bridgehead atoms. The summed E-state index contributed by atoms with van der Waals surface area (Å²) in [6.07, 6.45) is -3.87. The van der Waals surface area contributed by atoms with E-state index in [0.29, 0.717) is 13.0 Å². The largest absolute Gasteiger partial charge is 0.497 e. The van der Waals surface area contributed by atoms with E-state index in [9.17, 15) is 18.0 Å². The van der Waals surface area contributed by atoms with E-state index in [1.807, 2.05) is 24.3 Å². The number of alkyl halides is 3. The number of ether oxygens (including phenoxy) is 1. The maximum absolute atomic E-state index is 12.8. The van der Waals surface area contributed by atoms with Crippen LogP contribution in [0.1, 0.15) is 11.1 Å². The summed E-state index contributed by atoms with van der Waals surface area (Å²) in [5, 5.41) is 4.96. The van der Waals surface area contributed by atoms with Crippen LogP contribution in [0.5, 0.6) is 5.75 Å². The number of nitrogens with one attached hydrogen (secondary N) is 2. The lowest BCUT2D eigenvalue weighted by Gasteiger charge is -2.12. The van der Waals surface area contributed by atoms with Crippen molar-refractivity contribution >= 4 is 23.2 Å². The molecule has 0 aromatic heterocycles. The van der Waals surface area contributed by atoms with Gasteiger partial charge >= 0.3 is 6.18 Å². The fraction of sp³-hybridized carbons (Fsp3) is 0.278. The standard InChI is InChI=1S/C18H18ClF3N2O2/c1-26-14-5-2-12(3-6-14)8-9-23-11-17(25)24-13-4-7-16(19)15(10-13)18(20,21)22/h2-7,10,23H,8-9,11H2,1H3,(H,24,25). The van der Waals surface area contributed by atoms with Crippen LogP contribution in [0.4, 0.5) is 18.9 Å². The fourth-order valence-electron chi connectivity index (χ4n) is 2.25. The quantitative estimate of drug-likeness (QED) is 0.703. The molecule has 2 aromatic carbocycles. The van der Waals surface area contributed by atoms with E-state index in [4.69, 9.17) is 16.3 Å². The van der Waals surface area contributed by atoms with Gasteiger partial charge in [0.05, 0.1) is 24.2 Å². The highest BCUT2D eigenvalue weighted by Gasteiger charge is 2.33. The van der Waals surface area contributed by atoms with Crippen molar-refractivity contribution in [1.82, 2.24) is 5.32 Å². The summed E-state index contributed by atoms with van der Waals surface area (Å²) in [6, 6.07) is 10.8. The van der Waals surface area contributed by atoms with E-state index in [2.05, 4.69) is 10.6 Å². The fourth-order valence-corrected chi connectivity index (χ4v) is 2.48. The molecular formula is C18H18ClF3N2O2. The van der Waals surface area contributed by atoms with Gasteiger partial charge in [-0.3, -0.25) is 4.79 Å². The van der Waals surface area contributed by atoms with E-state index in [0.717, 1.165) is 23.4 Å². The Morgan fingerprint density at radius 1 is 1.15 bits per heavy atom. The predicted molar refractivity (Wildman–Crippen MR) is 94.7 cm³/mol. The van der Waals surface area contributed by atoms with Crippen LogP contribution in [0, 0.1) is 0 Å². The van der Waals surface area contributed by atoms with Crippen LogP contribution in [-0.2, 0) is 17.4 Å². The monoisotopic (exact) mass is 386 g/mol. The Morgan fingerprint density at radius 2 is 1.85 bits per heavy atom. The van der Waals surface area contributed by atoms with Gasteiger partial charge in [0, 0.05) is 5.69 Å². The second-order valence-corrected chi connectivity index (χ2v) is 5.92. The molecule has 0 aliphatic rings. The highest BCUT2D eigenvalue weighted by atomic mass is 35.5. The average molecular weight is 387 g/mol. The number of amides is 1. The minimum atomic E-state index is -4.57. The SMILES string of the molecule is COc1ccc(CCNCC(=O)Nc2ccc(Cl)c(C(F)(F)F)c2)cc1. The van der Waals surface area contributed by atoms with E-state index in [1.54, 1.807) is 7.11 Å². The van der Waals surface area contributed by atoms with Crippen LogP contribution in [0.3, 0.4) is 0 Å². The second kappa shape index (κ2) is 8.91. The molecular weight excluding hydrogens is 369 g/mol. The van der Waals surface area contributed by atoms with Crippen LogP contribution in [0.15, 0.2) is 42.5 Å². The zero-order valence-corrected chi connectivity index (χ0v) is 14.7. The Morgan fingerprint density at radius 3 is 2.46 bits per heavy atom. The molecule has 0 fully saturated rings. The molecule has 2 N–H and O–H groups in total. The van der Waals surface area contributed by atoms with Crippen LogP contribution in [0.25, 0.3) is 0 Å². The molecule has 26 heavy (non-hydrogen) atoms. The smallest absolute Gasteiger partial charge is 0.417 e. The van der Waals surface area contributed by atoms with Gasteiger partial charge in [0.25, 0.3) is 0 Å². The first-order valence-electron chi connectivity index (χ1n) is 7.80. The molecule has 140 valence electrons. The molecule has 1 amide bonds. The minimum Gasteiger partial charge on any atom is -0.497 e. The third kappa shape index (κ3) is 5.93. The third-order valence-corrected chi connectivity index (χ3v) is 3.92. The highest BCUT2D eigenvalue weighted by molar-refractivity contribution is 6.31. The van der Waals surface area contributed by atoms with Crippen LogP contribution in [0.2, 0.25) is 5.02 Å². The summed E-state index contributed by atoms with van der Waals surface area (Å²) >= 11 is 5.54. The van der Waals surface area contributed by atoms with E-state index < -0.39 is 22.7 Å². The zero-order chi connectivity index (χ0) is 19.2. The van der Waals surface area contributed by atoms with E-state index >= 15 is 0 Å². The zero-order valence-electron chi connectivity index (χ0n) is 14.0. The molecule has 0 aliphatic carbocycles. The summed E-state index contributed by atoms with van der Waals surface area (Å²) in [4.78, 5) is 11.8. The van der Waals surface area contributed by atoms with E-state index in [1.165, 1.54) is 6.07 Å². The van der Waals surface area contributed by atoms with Crippen molar-refractivity contribution < 1.29 is 22.7 Å². The van der Waals surface area contributed by atoms with Crippen LogP contribution in [-0.4, -0.2) is 26.1 Å². The third-order valence-electron chi connectivity index (χ3n) is 3.59. The summed E-state index contributed by atoms with van der Waals surface area (Å²) in [7, 11) is 1.59. The maximum Gasteiger partial charge on any atom is 0.417 e. The molecule has 2 aromatic rings. The summed E-state index contributed by atoms with van der Waals surface area (Å²) in [5.74, 6) is 0.331.